The van der Waals surface area contributed by atoms with E-state index in [9.17, 15) is 31.1 Å². The molecule has 0 radical (unpaired) electrons. The summed E-state index contributed by atoms with van der Waals surface area (Å²) in [5.74, 6) is 0. The monoisotopic (exact) mass is 313 g/mol. The highest BCUT2D eigenvalue weighted by Crippen LogP contribution is 2.49. The average Bonchev–Trinajstić information content (AvgIpc) is 2.68. The van der Waals surface area contributed by atoms with Gasteiger partial charge in [0.1, 0.15) is 0 Å². The molecule has 0 atom stereocenters. The summed E-state index contributed by atoms with van der Waals surface area (Å²) in [6.45, 7) is -2.01. The summed E-state index contributed by atoms with van der Waals surface area (Å²) in [4.78, 5) is 11.8. The third-order valence-electron chi connectivity index (χ3n) is 3.07. The van der Waals surface area contributed by atoms with Crippen molar-refractivity contribution in [3.05, 3.63) is 35.9 Å². The minimum Gasteiger partial charge on any atom is -0.421 e. The van der Waals surface area contributed by atoms with Crippen LogP contribution < -0.4 is 0 Å². The maximum absolute atomic E-state index is 12.8. The summed E-state index contributed by atoms with van der Waals surface area (Å²) >= 11 is 0. The highest BCUT2D eigenvalue weighted by molar-refractivity contribution is 5.71. The van der Waals surface area contributed by atoms with E-state index in [4.69, 9.17) is 0 Å². The van der Waals surface area contributed by atoms with Gasteiger partial charge < -0.3 is 4.74 Å². The first-order valence-electron chi connectivity index (χ1n) is 5.72. The van der Waals surface area contributed by atoms with Gasteiger partial charge >= 0.3 is 24.0 Å². The topological polar surface area (TPSA) is 29.5 Å². The van der Waals surface area contributed by atoms with E-state index in [0.29, 0.717) is 10.5 Å². The Hall–Kier alpha value is -1.93. The minimum absolute atomic E-state index is 0.385. The molecule has 0 saturated carbocycles. The number of cyclic esters (lactones) is 1. The number of benzene rings is 1. The molecule has 0 aromatic heterocycles. The molecule has 3 nitrogen and oxygen atoms in total. The second-order valence-electron chi connectivity index (χ2n) is 4.53. The SMILES string of the molecule is O=C1OC(C(F)(F)F)(C(F)(F)F)CN1Cc1ccccc1. The first-order chi connectivity index (χ1) is 9.57. The summed E-state index contributed by atoms with van der Waals surface area (Å²) in [6, 6.07) is 7.69. The predicted molar refractivity (Wildman–Crippen MR) is 58.2 cm³/mol. The molecule has 0 N–H and O–H groups in total. The molecule has 1 aromatic carbocycles. The number of ether oxygens (including phenoxy) is 1. The van der Waals surface area contributed by atoms with Crippen LogP contribution in [0.2, 0.25) is 0 Å². The summed E-state index contributed by atoms with van der Waals surface area (Å²) in [6.07, 6.45) is -13.1. The van der Waals surface area contributed by atoms with Crippen LogP contribution in [-0.2, 0) is 11.3 Å². The Morgan fingerprint density at radius 2 is 1.57 bits per heavy atom. The van der Waals surface area contributed by atoms with Crippen molar-refractivity contribution in [3.63, 3.8) is 0 Å². The smallest absolute Gasteiger partial charge is 0.421 e. The van der Waals surface area contributed by atoms with Gasteiger partial charge in [0.2, 0.25) is 0 Å². The van der Waals surface area contributed by atoms with E-state index in [1.807, 2.05) is 0 Å². The van der Waals surface area contributed by atoms with Gasteiger partial charge in [-0.2, -0.15) is 26.3 Å². The molecule has 9 heteroatoms. The lowest BCUT2D eigenvalue weighted by Gasteiger charge is -2.30. The molecule has 1 saturated heterocycles. The maximum atomic E-state index is 12.8. The van der Waals surface area contributed by atoms with E-state index in [0.717, 1.165) is 0 Å². The van der Waals surface area contributed by atoms with Gasteiger partial charge in [0.25, 0.3) is 0 Å². The van der Waals surface area contributed by atoms with Crippen molar-refractivity contribution < 1.29 is 35.9 Å². The molecule has 0 aliphatic carbocycles. The zero-order valence-electron chi connectivity index (χ0n) is 10.3. The molecular formula is C12H9F6NO2. The van der Waals surface area contributed by atoms with Crippen LogP contribution in [0.5, 0.6) is 0 Å². The third-order valence-corrected chi connectivity index (χ3v) is 3.07. The molecule has 0 bridgehead atoms. The highest BCUT2D eigenvalue weighted by atomic mass is 19.4. The molecule has 1 aromatic rings. The highest BCUT2D eigenvalue weighted by Gasteiger charge is 2.77. The lowest BCUT2D eigenvalue weighted by Crippen LogP contribution is -2.59. The van der Waals surface area contributed by atoms with Gasteiger partial charge in [0.15, 0.2) is 0 Å². The molecule has 0 spiro atoms. The van der Waals surface area contributed by atoms with Crippen molar-refractivity contribution in [1.82, 2.24) is 4.90 Å². The van der Waals surface area contributed by atoms with Crippen LogP contribution in [0, 0.1) is 0 Å². The Kier molecular flexibility index (Phi) is 3.54. The van der Waals surface area contributed by atoms with E-state index in [1.165, 1.54) is 12.1 Å². The van der Waals surface area contributed by atoms with Crippen molar-refractivity contribution in [2.24, 2.45) is 0 Å². The summed E-state index contributed by atoms with van der Waals surface area (Å²) in [5.41, 5.74) is -4.08. The number of carbonyl (C=O) groups excluding carboxylic acids is 1. The maximum Gasteiger partial charge on any atom is 0.439 e. The van der Waals surface area contributed by atoms with Crippen molar-refractivity contribution in [1.29, 1.82) is 0 Å². The van der Waals surface area contributed by atoms with Crippen LogP contribution in [0.3, 0.4) is 0 Å². The third kappa shape index (κ3) is 2.64. The van der Waals surface area contributed by atoms with Gasteiger partial charge in [-0.1, -0.05) is 30.3 Å². The average molecular weight is 313 g/mol. The molecule has 1 heterocycles. The molecule has 1 aliphatic heterocycles. The van der Waals surface area contributed by atoms with Gasteiger partial charge in [-0.25, -0.2) is 4.79 Å². The molecular weight excluding hydrogens is 304 g/mol. The van der Waals surface area contributed by atoms with Crippen molar-refractivity contribution >= 4 is 6.09 Å². The van der Waals surface area contributed by atoms with Crippen molar-refractivity contribution in [3.8, 4) is 0 Å². The largest absolute Gasteiger partial charge is 0.439 e. The first-order valence-corrected chi connectivity index (χ1v) is 5.72. The Balaban J connectivity index is 2.28. The number of nitrogens with zero attached hydrogens (tertiary/aromatic N) is 1. The van der Waals surface area contributed by atoms with Gasteiger partial charge in [-0.05, 0) is 5.56 Å². The number of hydrogen-bond acceptors (Lipinski definition) is 2. The van der Waals surface area contributed by atoms with E-state index in [1.54, 1.807) is 18.2 Å². The number of rotatable bonds is 2. The molecule has 116 valence electrons. The first kappa shape index (κ1) is 15.5. The van der Waals surface area contributed by atoms with Crippen LogP contribution >= 0.6 is 0 Å². The van der Waals surface area contributed by atoms with E-state index in [-0.39, 0.29) is 0 Å². The van der Waals surface area contributed by atoms with Crippen molar-refractivity contribution in [2.75, 3.05) is 6.54 Å². The second kappa shape index (κ2) is 4.81. The fourth-order valence-electron chi connectivity index (χ4n) is 1.96. The lowest BCUT2D eigenvalue weighted by atomic mass is 10.0. The normalized spacial score (nSPS) is 18.8. The molecule has 1 aliphatic rings. The van der Waals surface area contributed by atoms with Crippen molar-refractivity contribution in [2.45, 2.75) is 24.5 Å². The van der Waals surface area contributed by atoms with Gasteiger partial charge in [0, 0.05) is 6.54 Å². The van der Waals surface area contributed by atoms with Crippen LogP contribution in [0.1, 0.15) is 5.56 Å². The summed E-state index contributed by atoms with van der Waals surface area (Å²) < 4.78 is 80.3. The number of amides is 1. The fraction of sp³-hybridized carbons (Fsp3) is 0.417. The quantitative estimate of drug-likeness (QED) is 0.782. The number of hydrogen-bond donors (Lipinski definition) is 0. The van der Waals surface area contributed by atoms with E-state index >= 15 is 0 Å². The number of carbonyl (C=O) groups is 1. The fourth-order valence-corrected chi connectivity index (χ4v) is 1.96. The zero-order chi connectivity index (χ0) is 15.9. The second-order valence-corrected chi connectivity index (χ2v) is 4.53. The molecule has 0 unspecified atom stereocenters. The standard InChI is InChI=1S/C12H9F6NO2/c13-11(14,15)10(12(16,17)18)7-19(9(20)21-10)6-8-4-2-1-3-5-8/h1-5H,6-7H2. The van der Waals surface area contributed by atoms with E-state index in [2.05, 4.69) is 4.74 Å². The van der Waals surface area contributed by atoms with Crippen LogP contribution in [-0.4, -0.2) is 35.5 Å². The van der Waals surface area contributed by atoms with Gasteiger partial charge in [-0.3, -0.25) is 4.90 Å². The Labute approximate surface area is 115 Å². The summed E-state index contributed by atoms with van der Waals surface area (Å²) in [7, 11) is 0. The van der Waals surface area contributed by atoms with Crippen LogP contribution in [0.25, 0.3) is 0 Å². The minimum atomic E-state index is -5.74. The molecule has 1 fully saturated rings. The Morgan fingerprint density at radius 1 is 1.05 bits per heavy atom. The summed E-state index contributed by atoms with van der Waals surface area (Å²) in [5, 5.41) is 0. The Bertz CT molecular complexity index is 511. The number of halogens is 6. The van der Waals surface area contributed by atoms with Crippen LogP contribution in [0.4, 0.5) is 31.1 Å². The van der Waals surface area contributed by atoms with Gasteiger partial charge in [0.05, 0.1) is 6.54 Å². The molecule has 21 heavy (non-hydrogen) atoms. The predicted octanol–water partition coefficient (Wildman–Crippen LogP) is 3.50. The van der Waals surface area contributed by atoms with Crippen LogP contribution in [0.15, 0.2) is 30.3 Å². The number of alkyl halides is 6. The van der Waals surface area contributed by atoms with Gasteiger partial charge in [-0.15, -0.1) is 0 Å². The van der Waals surface area contributed by atoms with E-state index < -0.39 is 37.1 Å². The lowest BCUT2D eigenvalue weighted by molar-refractivity contribution is -0.353. The zero-order valence-corrected chi connectivity index (χ0v) is 10.3. The Morgan fingerprint density at radius 3 is 2.00 bits per heavy atom. The molecule has 2 rings (SSSR count). The molecule has 1 amide bonds.